The molecule has 0 unspecified atom stereocenters. The first kappa shape index (κ1) is 14.4. The number of rotatable bonds is 4. The van der Waals surface area contributed by atoms with E-state index in [4.69, 9.17) is 4.74 Å². The summed E-state index contributed by atoms with van der Waals surface area (Å²) in [4.78, 5) is 22.7. The zero-order valence-electron chi connectivity index (χ0n) is 11.4. The SMILES string of the molecule is Cc1ccc(C(=O)O)c(OC2CCCCC2)c1C(=O)O. The lowest BCUT2D eigenvalue weighted by molar-refractivity contribution is 0.0676. The smallest absolute Gasteiger partial charge is 0.339 e. The molecule has 0 spiro atoms. The number of hydrogen-bond acceptors (Lipinski definition) is 3. The van der Waals surface area contributed by atoms with Crippen LogP contribution >= 0.6 is 0 Å². The molecule has 1 aliphatic carbocycles. The number of aromatic carboxylic acids is 2. The van der Waals surface area contributed by atoms with E-state index < -0.39 is 11.9 Å². The minimum absolute atomic E-state index is 0.00287. The normalized spacial score (nSPS) is 15.8. The Morgan fingerprint density at radius 2 is 1.75 bits per heavy atom. The van der Waals surface area contributed by atoms with Crippen LogP contribution in [0, 0.1) is 6.92 Å². The number of benzene rings is 1. The summed E-state index contributed by atoms with van der Waals surface area (Å²) in [5.41, 5.74) is 0.377. The quantitative estimate of drug-likeness (QED) is 0.884. The molecule has 0 atom stereocenters. The Balaban J connectivity index is 2.43. The summed E-state index contributed by atoms with van der Waals surface area (Å²) in [5.74, 6) is -2.33. The number of carboxylic acids is 2. The monoisotopic (exact) mass is 278 g/mol. The molecule has 108 valence electrons. The zero-order chi connectivity index (χ0) is 14.7. The van der Waals surface area contributed by atoms with Gasteiger partial charge in [-0.05, 0) is 44.2 Å². The summed E-state index contributed by atoms with van der Waals surface area (Å²) < 4.78 is 5.76. The molecule has 2 rings (SSSR count). The molecule has 0 bridgehead atoms. The van der Waals surface area contributed by atoms with Crippen molar-refractivity contribution < 1.29 is 24.5 Å². The summed E-state index contributed by atoms with van der Waals surface area (Å²) >= 11 is 0. The molecule has 0 saturated heterocycles. The second-order valence-electron chi connectivity index (χ2n) is 5.12. The summed E-state index contributed by atoms with van der Waals surface area (Å²) in [7, 11) is 0. The van der Waals surface area contributed by atoms with Gasteiger partial charge in [0.2, 0.25) is 0 Å². The molecule has 2 N–H and O–H groups in total. The molecule has 0 amide bonds. The van der Waals surface area contributed by atoms with Gasteiger partial charge in [-0.25, -0.2) is 9.59 Å². The van der Waals surface area contributed by atoms with Crippen molar-refractivity contribution in [2.75, 3.05) is 0 Å². The van der Waals surface area contributed by atoms with Gasteiger partial charge < -0.3 is 14.9 Å². The van der Waals surface area contributed by atoms with Crippen LogP contribution in [0.4, 0.5) is 0 Å². The van der Waals surface area contributed by atoms with Gasteiger partial charge in [0.1, 0.15) is 16.9 Å². The van der Waals surface area contributed by atoms with E-state index in [1.807, 2.05) is 0 Å². The summed E-state index contributed by atoms with van der Waals surface area (Å²) in [6.07, 6.45) is 4.79. The number of ether oxygens (including phenoxy) is 1. The molecular formula is C15H18O5. The minimum atomic E-state index is -1.17. The molecule has 20 heavy (non-hydrogen) atoms. The van der Waals surface area contributed by atoms with Crippen molar-refractivity contribution in [3.63, 3.8) is 0 Å². The third-order valence-corrected chi connectivity index (χ3v) is 3.65. The average molecular weight is 278 g/mol. The van der Waals surface area contributed by atoms with Crippen LogP contribution in [0.15, 0.2) is 12.1 Å². The van der Waals surface area contributed by atoms with Crippen molar-refractivity contribution in [2.24, 2.45) is 0 Å². The molecular weight excluding hydrogens is 260 g/mol. The third kappa shape index (κ3) is 2.92. The molecule has 0 radical (unpaired) electrons. The highest BCUT2D eigenvalue weighted by atomic mass is 16.5. The molecule has 0 heterocycles. The van der Waals surface area contributed by atoms with E-state index in [9.17, 15) is 19.8 Å². The van der Waals surface area contributed by atoms with Crippen LogP contribution < -0.4 is 4.74 Å². The van der Waals surface area contributed by atoms with Crippen molar-refractivity contribution in [1.82, 2.24) is 0 Å². The zero-order valence-corrected chi connectivity index (χ0v) is 11.4. The van der Waals surface area contributed by atoms with Crippen molar-refractivity contribution in [3.05, 3.63) is 28.8 Å². The lowest BCUT2D eigenvalue weighted by Gasteiger charge is -2.25. The molecule has 5 heteroatoms. The first-order chi connectivity index (χ1) is 9.50. The van der Waals surface area contributed by atoms with E-state index in [1.165, 1.54) is 12.1 Å². The molecule has 1 saturated carbocycles. The maximum Gasteiger partial charge on any atom is 0.339 e. The summed E-state index contributed by atoms with van der Waals surface area (Å²) in [6, 6.07) is 2.91. The highest BCUT2D eigenvalue weighted by Gasteiger charge is 2.25. The van der Waals surface area contributed by atoms with Gasteiger partial charge in [0.05, 0.1) is 6.10 Å². The second-order valence-corrected chi connectivity index (χ2v) is 5.12. The molecule has 1 aromatic rings. The van der Waals surface area contributed by atoms with Gasteiger partial charge in [-0.2, -0.15) is 0 Å². The van der Waals surface area contributed by atoms with Crippen LogP contribution in [-0.4, -0.2) is 28.3 Å². The van der Waals surface area contributed by atoms with Crippen LogP contribution in [0.25, 0.3) is 0 Å². The predicted molar refractivity (Wildman–Crippen MR) is 72.6 cm³/mol. The molecule has 1 aromatic carbocycles. The molecule has 1 aliphatic rings. The number of carbonyl (C=O) groups is 2. The fourth-order valence-electron chi connectivity index (χ4n) is 2.59. The van der Waals surface area contributed by atoms with Crippen molar-refractivity contribution in [3.8, 4) is 5.75 Å². The first-order valence-electron chi connectivity index (χ1n) is 6.77. The summed E-state index contributed by atoms with van der Waals surface area (Å²) in [6.45, 7) is 1.64. The first-order valence-corrected chi connectivity index (χ1v) is 6.77. The highest BCUT2D eigenvalue weighted by molar-refractivity contribution is 5.99. The van der Waals surface area contributed by atoms with Crippen LogP contribution in [0.2, 0.25) is 0 Å². The average Bonchev–Trinajstić information content (AvgIpc) is 2.39. The lowest BCUT2D eigenvalue weighted by Crippen LogP contribution is -2.22. The van der Waals surface area contributed by atoms with Gasteiger partial charge in [-0.1, -0.05) is 12.5 Å². The topological polar surface area (TPSA) is 83.8 Å². The Morgan fingerprint density at radius 3 is 2.30 bits per heavy atom. The van der Waals surface area contributed by atoms with E-state index in [2.05, 4.69) is 0 Å². The van der Waals surface area contributed by atoms with E-state index >= 15 is 0 Å². The van der Waals surface area contributed by atoms with E-state index in [0.29, 0.717) is 5.56 Å². The van der Waals surface area contributed by atoms with Crippen molar-refractivity contribution in [1.29, 1.82) is 0 Å². The Morgan fingerprint density at radius 1 is 1.10 bits per heavy atom. The van der Waals surface area contributed by atoms with Gasteiger partial charge in [-0.15, -0.1) is 0 Å². The minimum Gasteiger partial charge on any atom is -0.489 e. The van der Waals surface area contributed by atoms with Crippen LogP contribution in [0.3, 0.4) is 0 Å². The second kappa shape index (κ2) is 5.94. The van der Waals surface area contributed by atoms with Crippen LogP contribution in [0.1, 0.15) is 58.4 Å². The third-order valence-electron chi connectivity index (χ3n) is 3.65. The van der Waals surface area contributed by atoms with E-state index in [-0.39, 0.29) is 23.0 Å². The Bertz CT molecular complexity index is 529. The standard InChI is InChI=1S/C15H18O5/c1-9-7-8-11(14(16)17)13(12(9)15(18)19)20-10-5-3-2-4-6-10/h7-8,10H,2-6H2,1H3,(H,16,17)(H,18,19). The Kier molecular flexibility index (Phi) is 4.27. The number of aryl methyl sites for hydroxylation is 1. The fraction of sp³-hybridized carbons (Fsp3) is 0.467. The van der Waals surface area contributed by atoms with Gasteiger partial charge in [0.15, 0.2) is 0 Å². The predicted octanol–water partition coefficient (Wildman–Crippen LogP) is 3.10. The van der Waals surface area contributed by atoms with Crippen molar-refractivity contribution in [2.45, 2.75) is 45.1 Å². The Labute approximate surface area is 117 Å². The maximum atomic E-state index is 11.4. The lowest BCUT2D eigenvalue weighted by atomic mass is 9.97. The Hall–Kier alpha value is -2.04. The number of hydrogen-bond donors (Lipinski definition) is 2. The van der Waals surface area contributed by atoms with Gasteiger partial charge in [0, 0.05) is 0 Å². The van der Waals surface area contributed by atoms with E-state index in [0.717, 1.165) is 32.1 Å². The number of carboxylic acid groups (broad SMARTS) is 2. The fourth-order valence-corrected chi connectivity index (χ4v) is 2.59. The maximum absolute atomic E-state index is 11.4. The van der Waals surface area contributed by atoms with Gasteiger partial charge >= 0.3 is 11.9 Å². The van der Waals surface area contributed by atoms with E-state index in [1.54, 1.807) is 6.92 Å². The largest absolute Gasteiger partial charge is 0.489 e. The molecule has 0 aromatic heterocycles. The molecule has 1 fully saturated rings. The highest BCUT2D eigenvalue weighted by Crippen LogP contribution is 2.31. The van der Waals surface area contributed by atoms with Crippen LogP contribution in [-0.2, 0) is 0 Å². The van der Waals surface area contributed by atoms with Crippen molar-refractivity contribution >= 4 is 11.9 Å². The summed E-state index contributed by atoms with van der Waals surface area (Å²) in [5, 5.41) is 18.5. The molecule has 5 nitrogen and oxygen atoms in total. The van der Waals surface area contributed by atoms with Gasteiger partial charge in [-0.3, -0.25) is 0 Å². The van der Waals surface area contributed by atoms with Crippen LogP contribution in [0.5, 0.6) is 5.75 Å². The van der Waals surface area contributed by atoms with Gasteiger partial charge in [0.25, 0.3) is 0 Å². The molecule has 0 aliphatic heterocycles.